The van der Waals surface area contributed by atoms with Crippen molar-refractivity contribution in [2.24, 2.45) is 0 Å². The smallest absolute Gasteiger partial charge is 0.191 e. The summed E-state index contributed by atoms with van der Waals surface area (Å²) in [4.78, 5) is 13.3. The van der Waals surface area contributed by atoms with Crippen LogP contribution in [0.4, 0.5) is 11.6 Å². The van der Waals surface area contributed by atoms with Gasteiger partial charge in [-0.1, -0.05) is 11.8 Å². The summed E-state index contributed by atoms with van der Waals surface area (Å²) >= 11 is 1.57. The van der Waals surface area contributed by atoms with Crippen molar-refractivity contribution in [1.82, 2.24) is 9.97 Å². The highest BCUT2D eigenvalue weighted by Crippen LogP contribution is 2.22. The van der Waals surface area contributed by atoms with Gasteiger partial charge in [0, 0.05) is 33.3 Å². The quantitative estimate of drug-likeness (QED) is 0.594. The molecule has 2 heterocycles. The maximum atomic E-state index is 5.35. The highest BCUT2D eigenvalue weighted by molar-refractivity contribution is 7.98. The van der Waals surface area contributed by atoms with Gasteiger partial charge in [0.2, 0.25) is 0 Å². The number of ether oxygens (including phenoxy) is 1. The first-order valence-electron chi connectivity index (χ1n) is 5.64. The Hall–Kier alpha value is -1.01. The summed E-state index contributed by atoms with van der Waals surface area (Å²) in [6.07, 6.45) is 2.00. The summed E-state index contributed by atoms with van der Waals surface area (Å²) in [5.74, 6) is 1.95. The maximum Gasteiger partial charge on any atom is 0.191 e. The van der Waals surface area contributed by atoms with Crippen molar-refractivity contribution in [2.75, 3.05) is 56.5 Å². The van der Waals surface area contributed by atoms with E-state index in [4.69, 9.17) is 4.74 Å². The Morgan fingerprint density at radius 1 is 1.29 bits per heavy atom. The standard InChI is InChI=1S/C11H18N4OS/c1-14(2)9-8-10(13-11(12-9)17-3)15-4-6-16-7-5-15/h8H,4-7H2,1-3H3. The van der Waals surface area contributed by atoms with Crippen molar-refractivity contribution in [3.63, 3.8) is 0 Å². The van der Waals surface area contributed by atoms with Gasteiger partial charge in [-0.25, -0.2) is 9.97 Å². The van der Waals surface area contributed by atoms with Crippen LogP contribution in [-0.2, 0) is 4.74 Å². The topological polar surface area (TPSA) is 41.5 Å². The molecule has 0 aliphatic carbocycles. The molecule has 0 saturated carbocycles. The lowest BCUT2D eigenvalue weighted by Gasteiger charge is -2.28. The molecule has 1 aromatic heterocycles. The Balaban J connectivity index is 2.28. The first kappa shape index (κ1) is 12.4. The number of anilines is 2. The molecular weight excluding hydrogens is 236 g/mol. The molecule has 94 valence electrons. The van der Waals surface area contributed by atoms with E-state index in [2.05, 4.69) is 14.9 Å². The van der Waals surface area contributed by atoms with E-state index in [1.54, 1.807) is 11.8 Å². The first-order valence-corrected chi connectivity index (χ1v) is 6.86. The zero-order valence-corrected chi connectivity index (χ0v) is 11.3. The normalized spacial score (nSPS) is 16.1. The minimum Gasteiger partial charge on any atom is -0.378 e. The van der Waals surface area contributed by atoms with Crippen LogP contribution >= 0.6 is 11.8 Å². The summed E-state index contributed by atoms with van der Waals surface area (Å²) in [6, 6.07) is 2.03. The van der Waals surface area contributed by atoms with Crippen molar-refractivity contribution in [3.05, 3.63) is 6.07 Å². The molecule has 0 aromatic carbocycles. The Kier molecular flexibility index (Phi) is 4.06. The molecule has 5 nitrogen and oxygen atoms in total. The predicted molar refractivity (Wildman–Crippen MR) is 71.2 cm³/mol. The number of aromatic nitrogens is 2. The first-order chi connectivity index (χ1) is 8.20. The Bertz CT molecular complexity index is 380. The van der Waals surface area contributed by atoms with Crippen LogP contribution in [0.1, 0.15) is 0 Å². The van der Waals surface area contributed by atoms with Gasteiger partial charge in [0.1, 0.15) is 11.6 Å². The number of morpholine rings is 1. The zero-order chi connectivity index (χ0) is 12.3. The third-order valence-electron chi connectivity index (χ3n) is 2.65. The van der Waals surface area contributed by atoms with E-state index in [0.29, 0.717) is 0 Å². The van der Waals surface area contributed by atoms with Crippen molar-refractivity contribution in [3.8, 4) is 0 Å². The number of rotatable bonds is 3. The van der Waals surface area contributed by atoms with Gasteiger partial charge in [-0.05, 0) is 6.26 Å². The van der Waals surface area contributed by atoms with E-state index < -0.39 is 0 Å². The van der Waals surface area contributed by atoms with Crippen LogP contribution in [0.25, 0.3) is 0 Å². The fraction of sp³-hybridized carbons (Fsp3) is 0.636. The van der Waals surface area contributed by atoms with Gasteiger partial charge in [-0.15, -0.1) is 0 Å². The second-order valence-corrected chi connectivity index (χ2v) is 4.84. The van der Waals surface area contributed by atoms with Crippen LogP contribution in [0.2, 0.25) is 0 Å². The molecule has 0 radical (unpaired) electrons. The maximum absolute atomic E-state index is 5.35. The molecule has 0 N–H and O–H groups in total. The van der Waals surface area contributed by atoms with Gasteiger partial charge in [0.05, 0.1) is 13.2 Å². The molecule has 0 amide bonds. The van der Waals surface area contributed by atoms with E-state index in [1.807, 2.05) is 31.3 Å². The minimum absolute atomic E-state index is 0.774. The molecule has 1 saturated heterocycles. The molecule has 1 fully saturated rings. The Morgan fingerprint density at radius 3 is 2.59 bits per heavy atom. The van der Waals surface area contributed by atoms with Crippen LogP contribution in [0.15, 0.2) is 11.2 Å². The summed E-state index contributed by atoms with van der Waals surface area (Å²) < 4.78 is 5.35. The molecule has 6 heteroatoms. The average molecular weight is 254 g/mol. The third kappa shape index (κ3) is 3.01. The van der Waals surface area contributed by atoms with Gasteiger partial charge >= 0.3 is 0 Å². The van der Waals surface area contributed by atoms with Crippen LogP contribution in [0.3, 0.4) is 0 Å². The van der Waals surface area contributed by atoms with Gasteiger partial charge in [-0.3, -0.25) is 0 Å². The largest absolute Gasteiger partial charge is 0.378 e. The Morgan fingerprint density at radius 2 is 2.00 bits per heavy atom. The lowest BCUT2D eigenvalue weighted by atomic mass is 10.4. The van der Waals surface area contributed by atoms with Gasteiger partial charge in [-0.2, -0.15) is 0 Å². The highest BCUT2D eigenvalue weighted by Gasteiger charge is 2.15. The third-order valence-corrected chi connectivity index (χ3v) is 3.20. The molecule has 0 atom stereocenters. The average Bonchev–Trinajstić information content (AvgIpc) is 2.39. The molecular formula is C11H18N4OS. The molecule has 1 aromatic rings. The van der Waals surface area contributed by atoms with Crippen molar-refractivity contribution < 1.29 is 4.74 Å². The molecule has 0 bridgehead atoms. The number of hydrogen-bond donors (Lipinski definition) is 0. The highest BCUT2D eigenvalue weighted by atomic mass is 32.2. The molecule has 1 aliphatic rings. The zero-order valence-electron chi connectivity index (χ0n) is 10.5. The monoisotopic (exact) mass is 254 g/mol. The lowest BCUT2D eigenvalue weighted by Crippen LogP contribution is -2.37. The van der Waals surface area contributed by atoms with Crippen LogP contribution < -0.4 is 9.80 Å². The predicted octanol–water partition coefficient (Wildman–Crippen LogP) is 1.10. The van der Waals surface area contributed by atoms with Gasteiger partial charge in [0.15, 0.2) is 5.16 Å². The summed E-state index contributed by atoms with van der Waals surface area (Å²) in [5, 5.41) is 0.817. The number of hydrogen-bond acceptors (Lipinski definition) is 6. The van der Waals surface area contributed by atoms with Crippen molar-refractivity contribution >= 4 is 23.4 Å². The van der Waals surface area contributed by atoms with Crippen molar-refractivity contribution in [1.29, 1.82) is 0 Å². The summed E-state index contributed by atoms with van der Waals surface area (Å²) in [7, 11) is 3.99. The fourth-order valence-corrected chi connectivity index (χ4v) is 2.05. The van der Waals surface area contributed by atoms with E-state index in [-0.39, 0.29) is 0 Å². The van der Waals surface area contributed by atoms with Gasteiger partial charge in [0.25, 0.3) is 0 Å². The molecule has 0 spiro atoms. The molecule has 0 unspecified atom stereocenters. The second kappa shape index (κ2) is 5.55. The van der Waals surface area contributed by atoms with Crippen LogP contribution in [0.5, 0.6) is 0 Å². The minimum atomic E-state index is 0.774. The van der Waals surface area contributed by atoms with E-state index in [9.17, 15) is 0 Å². The second-order valence-electron chi connectivity index (χ2n) is 4.06. The van der Waals surface area contributed by atoms with E-state index >= 15 is 0 Å². The fourth-order valence-electron chi connectivity index (χ4n) is 1.68. The lowest BCUT2D eigenvalue weighted by molar-refractivity contribution is 0.122. The summed E-state index contributed by atoms with van der Waals surface area (Å²) in [5.41, 5.74) is 0. The van der Waals surface area contributed by atoms with E-state index in [0.717, 1.165) is 43.1 Å². The van der Waals surface area contributed by atoms with Gasteiger partial charge < -0.3 is 14.5 Å². The number of thioether (sulfide) groups is 1. The molecule has 1 aliphatic heterocycles. The molecule has 17 heavy (non-hydrogen) atoms. The number of nitrogens with zero attached hydrogens (tertiary/aromatic N) is 4. The van der Waals surface area contributed by atoms with Crippen LogP contribution in [-0.4, -0.2) is 56.6 Å². The van der Waals surface area contributed by atoms with Crippen LogP contribution in [0, 0.1) is 0 Å². The SMILES string of the molecule is CSc1nc(N(C)C)cc(N2CCOCC2)n1. The van der Waals surface area contributed by atoms with E-state index in [1.165, 1.54) is 0 Å². The Labute approximate surface area is 106 Å². The summed E-state index contributed by atoms with van der Waals surface area (Å²) in [6.45, 7) is 3.35. The van der Waals surface area contributed by atoms with Crippen molar-refractivity contribution in [2.45, 2.75) is 5.16 Å². The molecule has 2 rings (SSSR count).